The molecule has 25 heavy (non-hydrogen) atoms. The van der Waals surface area contributed by atoms with Gasteiger partial charge in [0.1, 0.15) is 5.75 Å². The third kappa shape index (κ3) is 3.91. The number of ether oxygens (including phenoxy) is 1. The van der Waals surface area contributed by atoms with Gasteiger partial charge in [0.25, 0.3) is 0 Å². The van der Waals surface area contributed by atoms with Crippen LogP contribution in [0.1, 0.15) is 12.0 Å². The highest BCUT2D eigenvalue weighted by atomic mass is 35.5. The van der Waals surface area contributed by atoms with E-state index in [2.05, 4.69) is 10.3 Å². The quantitative estimate of drug-likeness (QED) is 0.889. The lowest BCUT2D eigenvalue weighted by Crippen LogP contribution is -2.32. The number of methoxy groups -OCH3 is 1. The molecule has 0 radical (unpaired) electrons. The number of carbonyl (C=O) groups is 2. The molecule has 0 spiro atoms. The number of hydrogen-bond donors (Lipinski definition) is 1. The molecule has 2 heterocycles. The van der Waals surface area contributed by atoms with E-state index < -0.39 is 0 Å². The number of nitrogens with zero attached hydrogens (tertiary/aromatic N) is 2. The number of hydrogen-bond acceptors (Lipinski definition) is 4. The maximum absolute atomic E-state index is 12.4. The molecule has 0 aliphatic carbocycles. The molecule has 6 nitrogen and oxygen atoms in total. The van der Waals surface area contributed by atoms with Gasteiger partial charge < -0.3 is 15.0 Å². The second-order valence-corrected chi connectivity index (χ2v) is 6.21. The minimum Gasteiger partial charge on any atom is -0.495 e. The Labute approximate surface area is 150 Å². The molecule has 1 aromatic heterocycles. The van der Waals surface area contributed by atoms with Crippen molar-refractivity contribution in [1.29, 1.82) is 0 Å². The molecule has 130 valence electrons. The first-order valence-corrected chi connectivity index (χ1v) is 8.27. The van der Waals surface area contributed by atoms with Gasteiger partial charge in [-0.1, -0.05) is 17.7 Å². The Kier molecular flexibility index (Phi) is 5.19. The zero-order chi connectivity index (χ0) is 17.8. The number of carbonyl (C=O) groups excluding carboxylic acids is 2. The summed E-state index contributed by atoms with van der Waals surface area (Å²) < 4.78 is 5.12. The van der Waals surface area contributed by atoms with Gasteiger partial charge in [0, 0.05) is 37.6 Å². The molecule has 1 aromatic carbocycles. The largest absolute Gasteiger partial charge is 0.495 e. The molecule has 2 amide bonds. The fraction of sp³-hybridized carbons (Fsp3) is 0.278. The van der Waals surface area contributed by atoms with Crippen LogP contribution in [0.5, 0.6) is 5.75 Å². The van der Waals surface area contributed by atoms with Gasteiger partial charge in [-0.3, -0.25) is 14.6 Å². The van der Waals surface area contributed by atoms with Crippen LogP contribution in [0.3, 0.4) is 0 Å². The van der Waals surface area contributed by atoms with Gasteiger partial charge in [0.2, 0.25) is 11.8 Å². The smallest absolute Gasteiger partial charge is 0.227 e. The maximum atomic E-state index is 12.4. The van der Waals surface area contributed by atoms with Crippen molar-refractivity contribution in [3.8, 4) is 5.75 Å². The Morgan fingerprint density at radius 1 is 1.44 bits per heavy atom. The van der Waals surface area contributed by atoms with Crippen molar-refractivity contribution < 1.29 is 14.3 Å². The van der Waals surface area contributed by atoms with Crippen LogP contribution >= 0.6 is 11.6 Å². The predicted octanol–water partition coefficient (Wildman–Crippen LogP) is 2.41. The zero-order valence-corrected chi connectivity index (χ0v) is 14.5. The standard InChI is InChI=1S/C18H18ClN3O3/c1-25-16-5-4-14(8-15(16)19)22-11-13(7-17(22)23)18(24)21-10-12-3-2-6-20-9-12/h2-6,8-9,13H,7,10-11H2,1H3,(H,21,24)/t13-/m1/s1. The average Bonchev–Trinajstić information content (AvgIpc) is 3.02. The fourth-order valence-corrected chi connectivity index (χ4v) is 3.04. The molecule has 7 heteroatoms. The van der Waals surface area contributed by atoms with Crippen molar-refractivity contribution in [2.45, 2.75) is 13.0 Å². The summed E-state index contributed by atoms with van der Waals surface area (Å²) in [7, 11) is 1.53. The van der Waals surface area contributed by atoms with Crippen LogP contribution < -0.4 is 15.0 Å². The summed E-state index contributed by atoms with van der Waals surface area (Å²) in [4.78, 5) is 30.2. The highest BCUT2D eigenvalue weighted by Gasteiger charge is 2.35. The zero-order valence-electron chi connectivity index (χ0n) is 13.7. The number of amides is 2. The lowest BCUT2D eigenvalue weighted by Gasteiger charge is -2.17. The van der Waals surface area contributed by atoms with Crippen LogP contribution in [0.15, 0.2) is 42.7 Å². The molecule has 0 bridgehead atoms. The molecule has 3 rings (SSSR count). The van der Waals surface area contributed by atoms with Crippen molar-refractivity contribution in [2.24, 2.45) is 5.92 Å². The van der Waals surface area contributed by atoms with Gasteiger partial charge in [-0.2, -0.15) is 0 Å². The molecule has 1 aliphatic rings. The lowest BCUT2D eigenvalue weighted by molar-refractivity contribution is -0.126. The SMILES string of the molecule is COc1ccc(N2C[C@H](C(=O)NCc3cccnc3)CC2=O)cc1Cl. The van der Waals surface area contributed by atoms with Crippen molar-refractivity contribution in [2.75, 3.05) is 18.6 Å². The first kappa shape index (κ1) is 17.2. The molecule has 1 saturated heterocycles. The highest BCUT2D eigenvalue weighted by molar-refractivity contribution is 6.32. The first-order valence-electron chi connectivity index (χ1n) is 7.89. The van der Waals surface area contributed by atoms with Gasteiger partial charge in [0.05, 0.1) is 18.1 Å². The van der Waals surface area contributed by atoms with Gasteiger partial charge in [-0.15, -0.1) is 0 Å². The van der Waals surface area contributed by atoms with Crippen LogP contribution in [0, 0.1) is 5.92 Å². The van der Waals surface area contributed by atoms with E-state index in [1.165, 1.54) is 7.11 Å². The second-order valence-electron chi connectivity index (χ2n) is 5.80. The summed E-state index contributed by atoms with van der Waals surface area (Å²) in [6.45, 7) is 0.728. The maximum Gasteiger partial charge on any atom is 0.227 e. The van der Waals surface area contributed by atoms with E-state index in [-0.39, 0.29) is 24.2 Å². The molecule has 1 fully saturated rings. The summed E-state index contributed by atoms with van der Waals surface area (Å²) in [6.07, 6.45) is 3.56. The van der Waals surface area contributed by atoms with E-state index >= 15 is 0 Å². The summed E-state index contributed by atoms with van der Waals surface area (Å²) in [6, 6.07) is 8.85. The second kappa shape index (κ2) is 7.53. The summed E-state index contributed by atoms with van der Waals surface area (Å²) >= 11 is 6.12. The molecule has 0 unspecified atom stereocenters. The van der Waals surface area contributed by atoms with Crippen LogP contribution in [0.4, 0.5) is 5.69 Å². The van der Waals surface area contributed by atoms with E-state index in [0.29, 0.717) is 29.5 Å². The number of halogens is 1. The minimum absolute atomic E-state index is 0.0947. The Hall–Kier alpha value is -2.60. The molecule has 2 aromatic rings. The molecule has 1 aliphatic heterocycles. The van der Waals surface area contributed by atoms with Gasteiger partial charge >= 0.3 is 0 Å². The van der Waals surface area contributed by atoms with Gasteiger partial charge in [0.15, 0.2) is 0 Å². The third-order valence-electron chi connectivity index (χ3n) is 4.13. The Morgan fingerprint density at radius 3 is 2.96 bits per heavy atom. The van der Waals surface area contributed by atoms with Crippen LogP contribution in [-0.4, -0.2) is 30.5 Å². The molecule has 1 N–H and O–H groups in total. The monoisotopic (exact) mass is 359 g/mol. The van der Waals surface area contributed by atoms with Crippen molar-refractivity contribution in [1.82, 2.24) is 10.3 Å². The number of aromatic nitrogens is 1. The Bertz CT molecular complexity index is 782. The van der Waals surface area contributed by atoms with E-state index in [4.69, 9.17) is 16.3 Å². The molecule has 0 saturated carbocycles. The van der Waals surface area contributed by atoms with Crippen LogP contribution in [0.2, 0.25) is 5.02 Å². The number of pyridine rings is 1. The normalized spacial score (nSPS) is 16.8. The van der Waals surface area contributed by atoms with Crippen molar-refractivity contribution in [3.05, 3.63) is 53.3 Å². The summed E-state index contributed by atoms with van der Waals surface area (Å²) in [5, 5.41) is 3.29. The minimum atomic E-state index is -0.384. The molecule has 1 atom stereocenters. The summed E-state index contributed by atoms with van der Waals surface area (Å²) in [5.41, 5.74) is 1.58. The topological polar surface area (TPSA) is 71.5 Å². The summed E-state index contributed by atoms with van der Waals surface area (Å²) in [5.74, 6) is -0.0741. The van der Waals surface area contributed by atoms with E-state index in [1.54, 1.807) is 35.5 Å². The third-order valence-corrected chi connectivity index (χ3v) is 4.43. The number of benzene rings is 1. The lowest BCUT2D eigenvalue weighted by atomic mass is 10.1. The van der Waals surface area contributed by atoms with Crippen LogP contribution in [-0.2, 0) is 16.1 Å². The Balaban J connectivity index is 1.63. The number of rotatable bonds is 5. The number of anilines is 1. The molecular formula is C18H18ClN3O3. The fourth-order valence-electron chi connectivity index (χ4n) is 2.79. The first-order chi connectivity index (χ1) is 12.1. The van der Waals surface area contributed by atoms with Gasteiger partial charge in [-0.25, -0.2) is 0 Å². The van der Waals surface area contributed by atoms with Crippen LogP contribution in [0.25, 0.3) is 0 Å². The average molecular weight is 360 g/mol. The van der Waals surface area contributed by atoms with E-state index in [1.807, 2.05) is 12.1 Å². The van der Waals surface area contributed by atoms with Gasteiger partial charge in [-0.05, 0) is 29.8 Å². The van der Waals surface area contributed by atoms with E-state index in [9.17, 15) is 9.59 Å². The number of nitrogens with one attached hydrogen (secondary N) is 1. The highest BCUT2D eigenvalue weighted by Crippen LogP contribution is 2.32. The molecular weight excluding hydrogens is 342 g/mol. The van der Waals surface area contributed by atoms with E-state index in [0.717, 1.165) is 5.56 Å². The van der Waals surface area contributed by atoms with Crippen molar-refractivity contribution in [3.63, 3.8) is 0 Å². The van der Waals surface area contributed by atoms with Crippen molar-refractivity contribution >= 4 is 29.1 Å². The predicted molar refractivity (Wildman–Crippen MR) is 94.5 cm³/mol. The Morgan fingerprint density at radius 2 is 2.28 bits per heavy atom.